The summed E-state index contributed by atoms with van der Waals surface area (Å²) in [5.41, 5.74) is 2.78. The van der Waals surface area contributed by atoms with Crippen LogP contribution in [0.4, 0.5) is 0 Å². The lowest BCUT2D eigenvalue weighted by atomic mass is 10.1. The molecule has 1 rings (SSSR count). The van der Waals surface area contributed by atoms with Gasteiger partial charge in [0.2, 0.25) is 0 Å². The van der Waals surface area contributed by atoms with Crippen molar-refractivity contribution in [1.82, 2.24) is 0 Å². The van der Waals surface area contributed by atoms with Gasteiger partial charge < -0.3 is 0 Å². The van der Waals surface area contributed by atoms with Gasteiger partial charge in [-0.25, -0.2) is 0 Å². The fourth-order valence-corrected chi connectivity index (χ4v) is 1.22. The monoisotopic (exact) mass is 165 g/mol. The number of hydrogen-bond acceptors (Lipinski definition) is 1. The molecule has 0 aromatic heterocycles. The van der Waals surface area contributed by atoms with Crippen LogP contribution in [0.15, 0.2) is 16.8 Å². The summed E-state index contributed by atoms with van der Waals surface area (Å²) in [6.07, 6.45) is 7.11. The van der Waals surface area contributed by atoms with Crippen molar-refractivity contribution < 1.29 is 0 Å². The molecule has 1 fully saturated rings. The summed E-state index contributed by atoms with van der Waals surface area (Å²) in [4.78, 5) is 4.43. The van der Waals surface area contributed by atoms with Crippen LogP contribution in [0.2, 0.25) is 0 Å². The first-order chi connectivity index (χ1) is 5.77. The van der Waals surface area contributed by atoms with Gasteiger partial charge in [-0.05, 0) is 44.1 Å². The maximum atomic E-state index is 4.43. The van der Waals surface area contributed by atoms with Gasteiger partial charge in [-0.1, -0.05) is 13.8 Å². The second kappa shape index (κ2) is 4.44. The van der Waals surface area contributed by atoms with Gasteiger partial charge in [0.25, 0.3) is 0 Å². The van der Waals surface area contributed by atoms with Crippen LogP contribution in [0.3, 0.4) is 0 Å². The fourth-order valence-electron chi connectivity index (χ4n) is 1.22. The standard InChI is InChI=1S/C11H19N/c1-4-9(3)12-8-10(5-2)11-6-7-11/h8,11H,4-7H2,1-3H3/b10-8+,12-9?. The number of allylic oxidation sites excluding steroid dienone is 1. The minimum atomic E-state index is 0.878. The second-order valence-corrected chi connectivity index (χ2v) is 3.55. The second-order valence-electron chi connectivity index (χ2n) is 3.55. The van der Waals surface area contributed by atoms with Crippen molar-refractivity contribution in [1.29, 1.82) is 0 Å². The van der Waals surface area contributed by atoms with E-state index in [9.17, 15) is 0 Å². The van der Waals surface area contributed by atoms with Crippen LogP contribution in [0.25, 0.3) is 0 Å². The number of nitrogens with zero attached hydrogens (tertiary/aromatic N) is 1. The lowest BCUT2D eigenvalue weighted by Gasteiger charge is -1.98. The number of rotatable bonds is 4. The van der Waals surface area contributed by atoms with E-state index in [2.05, 4.69) is 32.0 Å². The normalized spacial score (nSPS) is 19.9. The molecule has 0 atom stereocenters. The van der Waals surface area contributed by atoms with Crippen molar-refractivity contribution in [2.24, 2.45) is 10.9 Å². The molecule has 1 nitrogen and oxygen atoms in total. The Hall–Kier alpha value is -0.590. The highest BCUT2D eigenvalue weighted by molar-refractivity contribution is 5.82. The minimum Gasteiger partial charge on any atom is -0.266 e. The van der Waals surface area contributed by atoms with Gasteiger partial charge in [-0.2, -0.15) is 0 Å². The third kappa shape index (κ3) is 2.80. The summed E-state index contributed by atoms with van der Waals surface area (Å²) in [5, 5.41) is 0. The third-order valence-corrected chi connectivity index (χ3v) is 2.47. The van der Waals surface area contributed by atoms with Gasteiger partial charge in [0.15, 0.2) is 0 Å². The molecule has 0 saturated heterocycles. The molecule has 0 aromatic rings. The number of hydrogen-bond donors (Lipinski definition) is 0. The fraction of sp³-hybridized carbons (Fsp3) is 0.727. The zero-order chi connectivity index (χ0) is 8.97. The molecule has 0 amide bonds. The van der Waals surface area contributed by atoms with Crippen molar-refractivity contribution in [2.45, 2.75) is 46.5 Å². The largest absolute Gasteiger partial charge is 0.266 e. The van der Waals surface area contributed by atoms with E-state index in [0.29, 0.717) is 0 Å². The summed E-state index contributed by atoms with van der Waals surface area (Å²) in [6.45, 7) is 6.47. The average molecular weight is 165 g/mol. The summed E-state index contributed by atoms with van der Waals surface area (Å²) < 4.78 is 0. The Bertz CT molecular complexity index is 197. The van der Waals surface area contributed by atoms with Crippen LogP contribution >= 0.6 is 0 Å². The van der Waals surface area contributed by atoms with Gasteiger partial charge in [-0.15, -0.1) is 0 Å². The van der Waals surface area contributed by atoms with Gasteiger partial charge in [0.05, 0.1) is 0 Å². The van der Waals surface area contributed by atoms with E-state index in [0.717, 1.165) is 12.3 Å². The van der Waals surface area contributed by atoms with E-state index in [1.165, 1.54) is 25.0 Å². The van der Waals surface area contributed by atoms with Gasteiger partial charge >= 0.3 is 0 Å². The van der Waals surface area contributed by atoms with Crippen LogP contribution in [-0.2, 0) is 0 Å². The van der Waals surface area contributed by atoms with E-state index in [-0.39, 0.29) is 0 Å². The van der Waals surface area contributed by atoms with Crippen LogP contribution in [0, 0.1) is 5.92 Å². The molecule has 12 heavy (non-hydrogen) atoms. The smallest absolute Gasteiger partial charge is 0.0261 e. The summed E-state index contributed by atoms with van der Waals surface area (Å²) in [5.74, 6) is 0.878. The van der Waals surface area contributed by atoms with Crippen molar-refractivity contribution in [2.75, 3.05) is 0 Å². The van der Waals surface area contributed by atoms with Gasteiger partial charge in [0.1, 0.15) is 0 Å². The molecule has 0 bridgehead atoms. The van der Waals surface area contributed by atoms with E-state index in [4.69, 9.17) is 0 Å². The molecule has 1 saturated carbocycles. The molecule has 0 aromatic carbocycles. The third-order valence-electron chi connectivity index (χ3n) is 2.47. The Balaban J connectivity index is 2.51. The predicted octanol–water partition coefficient (Wildman–Crippen LogP) is 3.56. The molecular weight excluding hydrogens is 146 g/mol. The van der Waals surface area contributed by atoms with Gasteiger partial charge in [-0.3, -0.25) is 4.99 Å². The lowest BCUT2D eigenvalue weighted by Crippen LogP contribution is -1.87. The zero-order valence-corrected chi connectivity index (χ0v) is 8.43. The van der Waals surface area contributed by atoms with Gasteiger partial charge in [0, 0.05) is 11.9 Å². The Morgan fingerprint density at radius 1 is 1.33 bits per heavy atom. The first kappa shape index (κ1) is 9.50. The average Bonchev–Trinajstić information content (AvgIpc) is 2.89. The van der Waals surface area contributed by atoms with Crippen LogP contribution in [-0.4, -0.2) is 5.71 Å². The molecule has 0 aliphatic heterocycles. The minimum absolute atomic E-state index is 0.878. The van der Waals surface area contributed by atoms with Crippen LogP contribution in [0.1, 0.15) is 46.5 Å². The van der Waals surface area contributed by atoms with Crippen LogP contribution in [0.5, 0.6) is 0 Å². The highest BCUT2D eigenvalue weighted by Crippen LogP contribution is 2.37. The molecular formula is C11H19N. The highest BCUT2D eigenvalue weighted by atomic mass is 14.7. The van der Waals surface area contributed by atoms with E-state index < -0.39 is 0 Å². The molecule has 1 aliphatic carbocycles. The molecule has 1 heteroatoms. The van der Waals surface area contributed by atoms with E-state index in [1.807, 2.05) is 0 Å². The highest BCUT2D eigenvalue weighted by Gasteiger charge is 2.24. The summed E-state index contributed by atoms with van der Waals surface area (Å²) >= 11 is 0. The zero-order valence-electron chi connectivity index (χ0n) is 8.43. The summed E-state index contributed by atoms with van der Waals surface area (Å²) in [6, 6.07) is 0. The van der Waals surface area contributed by atoms with Crippen molar-refractivity contribution in [3.63, 3.8) is 0 Å². The Kier molecular flexibility index (Phi) is 3.51. The van der Waals surface area contributed by atoms with Crippen molar-refractivity contribution >= 4 is 5.71 Å². The maximum absolute atomic E-state index is 4.43. The molecule has 0 heterocycles. The Labute approximate surface area is 75.6 Å². The van der Waals surface area contributed by atoms with E-state index in [1.54, 1.807) is 5.57 Å². The topological polar surface area (TPSA) is 12.4 Å². The first-order valence-electron chi connectivity index (χ1n) is 5.00. The molecule has 0 N–H and O–H groups in total. The quantitative estimate of drug-likeness (QED) is 0.565. The summed E-state index contributed by atoms with van der Waals surface area (Å²) in [7, 11) is 0. The lowest BCUT2D eigenvalue weighted by molar-refractivity contribution is 0.904. The number of aliphatic imine (C=N–C) groups is 1. The molecule has 0 spiro atoms. The maximum Gasteiger partial charge on any atom is 0.0261 e. The Morgan fingerprint density at radius 2 is 2.00 bits per heavy atom. The Morgan fingerprint density at radius 3 is 2.42 bits per heavy atom. The van der Waals surface area contributed by atoms with Crippen molar-refractivity contribution in [3.05, 3.63) is 11.8 Å². The van der Waals surface area contributed by atoms with E-state index >= 15 is 0 Å². The SMILES string of the molecule is CCC(C)=N/C=C(\CC)C1CC1. The first-order valence-corrected chi connectivity index (χ1v) is 5.00. The molecule has 0 radical (unpaired) electrons. The molecule has 0 unspecified atom stereocenters. The predicted molar refractivity (Wildman–Crippen MR) is 54.5 cm³/mol. The van der Waals surface area contributed by atoms with Crippen LogP contribution < -0.4 is 0 Å². The molecule has 1 aliphatic rings. The molecule has 68 valence electrons. The van der Waals surface area contributed by atoms with Crippen molar-refractivity contribution in [3.8, 4) is 0 Å².